The van der Waals surface area contributed by atoms with Crippen molar-refractivity contribution in [3.8, 4) is 11.4 Å². The van der Waals surface area contributed by atoms with Crippen molar-refractivity contribution in [1.82, 2.24) is 14.9 Å². The normalized spacial score (nSPS) is 19.5. The van der Waals surface area contributed by atoms with E-state index in [9.17, 15) is 0 Å². The Morgan fingerprint density at radius 3 is 2.49 bits per heavy atom. The molecule has 1 N–H and O–H groups in total. The van der Waals surface area contributed by atoms with Crippen molar-refractivity contribution in [2.75, 3.05) is 30.0 Å². The molecule has 2 fully saturated rings. The largest absolute Gasteiger partial charge is 0.497 e. The molecule has 2 aromatic heterocycles. The molecule has 8 heteroatoms. The zero-order valence-electron chi connectivity index (χ0n) is 24.0. The number of nitrogens with one attached hydrogen (secondary N) is 1. The summed E-state index contributed by atoms with van der Waals surface area (Å²) >= 11 is 13.0. The van der Waals surface area contributed by atoms with Crippen molar-refractivity contribution in [3.05, 3.63) is 101 Å². The number of aromatic nitrogens is 2. The molecule has 4 aromatic rings. The first-order valence-corrected chi connectivity index (χ1v) is 15.0. The maximum absolute atomic E-state index is 6.98. The van der Waals surface area contributed by atoms with E-state index in [1.807, 2.05) is 30.5 Å². The van der Waals surface area contributed by atoms with Crippen molar-refractivity contribution in [2.45, 2.75) is 45.7 Å². The van der Waals surface area contributed by atoms with Crippen molar-refractivity contribution < 1.29 is 4.74 Å². The zero-order valence-corrected chi connectivity index (χ0v) is 25.5. The van der Waals surface area contributed by atoms with Gasteiger partial charge in [0.05, 0.1) is 35.6 Å². The molecule has 0 radical (unpaired) electrons. The van der Waals surface area contributed by atoms with E-state index < -0.39 is 0 Å². The van der Waals surface area contributed by atoms with Crippen LogP contribution >= 0.6 is 23.8 Å². The summed E-state index contributed by atoms with van der Waals surface area (Å²) in [6.07, 6.45) is 4.22. The molecule has 0 unspecified atom stereocenters. The lowest BCUT2D eigenvalue weighted by atomic mass is 9.96. The highest BCUT2D eigenvalue weighted by atomic mass is 35.5. The molecule has 0 amide bonds. The number of benzene rings is 2. The van der Waals surface area contributed by atoms with Gasteiger partial charge in [0.25, 0.3) is 0 Å². The van der Waals surface area contributed by atoms with Crippen LogP contribution in [0.1, 0.15) is 54.5 Å². The van der Waals surface area contributed by atoms with Crippen LogP contribution in [-0.4, -0.2) is 34.9 Å². The number of aryl methyl sites for hydroxylation is 1. The maximum atomic E-state index is 6.98. The first-order chi connectivity index (χ1) is 19.9. The lowest BCUT2D eigenvalue weighted by molar-refractivity contribution is 0.414. The van der Waals surface area contributed by atoms with Gasteiger partial charge in [-0.1, -0.05) is 30.7 Å². The lowest BCUT2D eigenvalue weighted by Crippen LogP contribution is -2.33. The van der Waals surface area contributed by atoms with Gasteiger partial charge in [-0.05, 0) is 98.9 Å². The Labute approximate surface area is 252 Å². The molecule has 2 aliphatic rings. The molecule has 0 saturated carbocycles. The van der Waals surface area contributed by atoms with Gasteiger partial charge in [-0.3, -0.25) is 4.98 Å². The number of ether oxygens (including phenoxy) is 1. The Bertz CT molecular complexity index is 1560. The van der Waals surface area contributed by atoms with Crippen molar-refractivity contribution in [3.63, 3.8) is 0 Å². The van der Waals surface area contributed by atoms with Gasteiger partial charge in [0.2, 0.25) is 0 Å². The van der Waals surface area contributed by atoms with Gasteiger partial charge >= 0.3 is 0 Å². The Hall–Kier alpha value is -3.55. The first-order valence-electron chi connectivity index (χ1n) is 14.2. The average molecular weight is 586 g/mol. The average Bonchev–Trinajstić information content (AvgIpc) is 3.48. The fourth-order valence-corrected chi connectivity index (χ4v) is 6.97. The van der Waals surface area contributed by atoms with Gasteiger partial charge in [0.1, 0.15) is 5.75 Å². The van der Waals surface area contributed by atoms with Crippen LogP contribution in [0.5, 0.6) is 5.75 Å². The summed E-state index contributed by atoms with van der Waals surface area (Å²) in [5, 5.41) is 5.01. The lowest BCUT2D eigenvalue weighted by Gasteiger charge is -2.33. The quantitative estimate of drug-likeness (QED) is 0.236. The molecule has 2 atom stereocenters. The van der Waals surface area contributed by atoms with Crippen LogP contribution in [0.4, 0.5) is 11.4 Å². The summed E-state index contributed by atoms with van der Waals surface area (Å²) in [5.74, 6) is 1.59. The molecule has 2 aliphatic heterocycles. The van der Waals surface area contributed by atoms with E-state index in [1.54, 1.807) is 7.11 Å². The van der Waals surface area contributed by atoms with Crippen LogP contribution in [0.3, 0.4) is 0 Å². The minimum Gasteiger partial charge on any atom is -0.497 e. The minimum atomic E-state index is -0.134. The van der Waals surface area contributed by atoms with Crippen LogP contribution in [-0.2, 0) is 0 Å². The Balaban J connectivity index is 1.44. The van der Waals surface area contributed by atoms with E-state index in [0.717, 1.165) is 63.9 Å². The molecule has 212 valence electrons. The number of halogens is 1. The number of pyridine rings is 1. The Morgan fingerprint density at radius 1 is 0.976 bits per heavy atom. The third kappa shape index (κ3) is 5.17. The molecule has 0 aliphatic carbocycles. The van der Waals surface area contributed by atoms with Crippen LogP contribution in [0.25, 0.3) is 5.69 Å². The summed E-state index contributed by atoms with van der Waals surface area (Å²) < 4.78 is 7.80. The molecule has 6 nitrogen and oxygen atoms in total. The van der Waals surface area contributed by atoms with Crippen molar-refractivity contribution in [2.24, 2.45) is 5.92 Å². The molecule has 4 heterocycles. The first kappa shape index (κ1) is 27.6. The third-order valence-corrected chi connectivity index (χ3v) is 9.15. The van der Waals surface area contributed by atoms with Crippen LogP contribution in [0, 0.1) is 19.8 Å². The highest BCUT2D eigenvalue weighted by Gasteiger charge is 2.42. The van der Waals surface area contributed by atoms with Gasteiger partial charge in [-0.15, -0.1) is 0 Å². The van der Waals surface area contributed by atoms with E-state index >= 15 is 0 Å². The molecule has 0 bridgehead atoms. The number of thiocarbonyl (C=S) groups is 1. The number of rotatable bonds is 6. The topological polar surface area (TPSA) is 45.6 Å². The van der Waals surface area contributed by atoms with Gasteiger partial charge in [0, 0.05) is 48.1 Å². The van der Waals surface area contributed by atoms with Crippen molar-refractivity contribution >= 4 is 40.3 Å². The number of methoxy groups -OCH3 is 1. The third-order valence-electron chi connectivity index (χ3n) is 8.53. The van der Waals surface area contributed by atoms with Gasteiger partial charge in [0.15, 0.2) is 5.11 Å². The van der Waals surface area contributed by atoms with Crippen LogP contribution in [0.2, 0.25) is 5.02 Å². The van der Waals surface area contributed by atoms with E-state index in [0.29, 0.717) is 5.11 Å². The summed E-state index contributed by atoms with van der Waals surface area (Å²) in [4.78, 5) is 9.35. The predicted molar refractivity (Wildman–Crippen MR) is 172 cm³/mol. The Kier molecular flexibility index (Phi) is 7.66. The molecule has 0 spiro atoms. The fourth-order valence-electron chi connectivity index (χ4n) is 6.33. The van der Waals surface area contributed by atoms with E-state index in [-0.39, 0.29) is 12.1 Å². The molecule has 2 saturated heterocycles. The molecule has 41 heavy (non-hydrogen) atoms. The zero-order chi connectivity index (χ0) is 28.7. The second kappa shape index (κ2) is 11.4. The fraction of sp³-hybridized carbons (Fsp3) is 0.333. The summed E-state index contributed by atoms with van der Waals surface area (Å²) in [5.41, 5.74) is 7.52. The van der Waals surface area contributed by atoms with Crippen LogP contribution in [0.15, 0.2) is 72.9 Å². The second-order valence-corrected chi connectivity index (χ2v) is 12.0. The van der Waals surface area contributed by atoms with E-state index in [1.165, 1.54) is 18.4 Å². The number of hydrogen-bond donors (Lipinski definition) is 1. The second-order valence-electron chi connectivity index (χ2n) is 11.2. The standard InChI is InChI=1S/C33H36ClN5OS/c1-21-13-16-37(17-14-21)30-12-11-25(20-28(30)34)39-32(31(36-33(39)41)29-10-5-6-15-35-29)27-18-22(2)38(23(27)3)24-8-7-9-26(19-24)40-4/h5-12,15,18-21,31-32H,13-14,16-17H2,1-4H3,(H,36,41)/t31-,32-/m1/s1. The highest BCUT2D eigenvalue weighted by molar-refractivity contribution is 7.80. The highest BCUT2D eigenvalue weighted by Crippen LogP contribution is 2.45. The molecular weight excluding hydrogens is 550 g/mol. The number of piperidine rings is 1. The number of anilines is 2. The predicted octanol–water partition coefficient (Wildman–Crippen LogP) is 7.56. The summed E-state index contributed by atoms with van der Waals surface area (Å²) in [6, 6.07) is 22.6. The monoisotopic (exact) mass is 585 g/mol. The molecular formula is C33H36ClN5OS. The SMILES string of the molecule is COc1cccc(-n2c(C)cc([C@@H]3[C@@H](c4ccccn4)NC(=S)N3c3ccc(N4CCC(C)CC4)c(Cl)c3)c2C)c1. The smallest absolute Gasteiger partial charge is 0.174 e. The van der Waals surface area contributed by atoms with Gasteiger partial charge < -0.3 is 24.4 Å². The van der Waals surface area contributed by atoms with Gasteiger partial charge in [-0.2, -0.15) is 0 Å². The molecule has 6 rings (SSSR count). The summed E-state index contributed by atoms with van der Waals surface area (Å²) in [6.45, 7) is 8.70. The van der Waals surface area contributed by atoms with E-state index in [4.69, 9.17) is 33.5 Å². The minimum absolute atomic E-state index is 0.124. The van der Waals surface area contributed by atoms with Crippen molar-refractivity contribution in [1.29, 1.82) is 0 Å². The summed E-state index contributed by atoms with van der Waals surface area (Å²) in [7, 11) is 1.70. The Morgan fingerprint density at radius 2 is 1.78 bits per heavy atom. The van der Waals surface area contributed by atoms with Crippen LogP contribution < -0.4 is 19.9 Å². The van der Waals surface area contributed by atoms with E-state index in [2.05, 4.69) is 82.9 Å². The number of hydrogen-bond acceptors (Lipinski definition) is 4. The molecule has 2 aromatic carbocycles. The van der Waals surface area contributed by atoms with Gasteiger partial charge in [-0.25, -0.2) is 0 Å². The number of nitrogens with zero attached hydrogens (tertiary/aromatic N) is 4. The maximum Gasteiger partial charge on any atom is 0.174 e.